The van der Waals surface area contributed by atoms with Crippen molar-refractivity contribution in [3.8, 4) is 0 Å². The van der Waals surface area contributed by atoms with Crippen LogP contribution in [0.1, 0.15) is 141 Å². The van der Waals surface area contributed by atoms with Crippen LogP contribution in [0.3, 0.4) is 0 Å². The number of carbonyl (C=O) groups is 3. The number of H-pyrrole nitrogens is 1. The number of ketones is 1. The molecule has 0 fully saturated rings. The number of nitrogen functional groups attached to an aromatic ring is 1. The van der Waals surface area contributed by atoms with Crippen LogP contribution in [-0.4, -0.2) is 79.6 Å². The molecule has 0 radical (unpaired) electrons. The number of fused-ring (bicyclic) bond motifs is 1. The lowest BCUT2D eigenvalue weighted by atomic mass is 9.99. The highest BCUT2D eigenvalue weighted by molar-refractivity contribution is 7.99. The third-order valence-corrected chi connectivity index (χ3v) is 11.3. The summed E-state index contributed by atoms with van der Waals surface area (Å²) in [6, 6.07) is 6.06. The van der Waals surface area contributed by atoms with Crippen LogP contribution >= 0.6 is 11.8 Å². The lowest BCUT2D eigenvalue weighted by Crippen LogP contribution is -2.37. The number of Topliss-reactive ketones (excluding diaryl/α,β-unsaturated/α-hetero) is 1. The second-order valence-corrected chi connectivity index (χ2v) is 16.4. The van der Waals surface area contributed by atoms with Gasteiger partial charge in [0.25, 0.3) is 0 Å². The van der Waals surface area contributed by atoms with E-state index in [1.54, 1.807) is 24.3 Å². The molecule has 0 aliphatic carbocycles. The maximum Gasteiger partial charge on any atom is 0.328 e. The first-order valence-corrected chi connectivity index (χ1v) is 22.8. The van der Waals surface area contributed by atoms with E-state index in [4.69, 9.17) is 16.2 Å². The first-order valence-electron chi connectivity index (χ1n) is 21.7. The number of aliphatic hydroxyl groups is 1. The molecule has 1 aromatic carbocycles. The summed E-state index contributed by atoms with van der Waals surface area (Å²) in [6.07, 6.45) is 21.3. The number of carbonyl (C=O) groups excluding carboxylic acids is 3. The number of anilines is 3. The number of esters is 1. The zero-order chi connectivity index (χ0) is 42.0. The molecule has 1 amide bonds. The van der Waals surface area contributed by atoms with Crippen molar-refractivity contribution in [2.45, 2.75) is 148 Å². The van der Waals surface area contributed by atoms with E-state index < -0.39 is 24.5 Å². The molecule has 14 nitrogen and oxygen atoms in total. The minimum Gasteiger partial charge on any atom is -0.465 e. The van der Waals surface area contributed by atoms with Gasteiger partial charge in [-0.25, -0.2) is 4.79 Å². The predicted molar refractivity (Wildman–Crippen MR) is 236 cm³/mol. The molecular weight excluding hydrogens is 757 g/mol. The van der Waals surface area contributed by atoms with Gasteiger partial charge in [0.1, 0.15) is 12.1 Å². The molecule has 2 aromatic heterocycles. The standard InChI is InChI=1S/C43H70N8O6S/c1-3-5-7-8-9-10-11-12-13-14-15-16-17-18-19-20-37(54)57-26-27-58-31-35(44)36(53)28-33(30-52)41(55)47-34-23-21-32(22-24-34)29-51-40-38(48-43(51)56)39(45)49-42(50-40)46-25-6-4-2/h21-24,33,35,52H,3-20,25-31,44H2,1-2H3,(H,47,55)(H,48,56)(H3,45,46,49,50)/t33-,35-/m0/s1. The summed E-state index contributed by atoms with van der Waals surface area (Å²) >= 11 is 1.41. The van der Waals surface area contributed by atoms with Gasteiger partial charge in [-0.2, -0.15) is 21.7 Å². The Morgan fingerprint density at radius 1 is 0.879 bits per heavy atom. The summed E-state index contributed by atoms with van der Waals surface area (Å²) in [4.78, 5) is 62.2. The van der Waals surface area contributed by atoms with E-state index in [2.05, 4.69) is 39.4 Å². The summed E-state index contributed by atoms with van der Waals surface area (Å²) in [5.41, 5.74) is 13.8. The fourth-order valence-electron chi connectivity index (χ4n) is 6.64. The van der Waals surface area contributed by atoms with Gasteiger partial charge in [0.05, 0.1) is 25.1 Å². The summed E-state index contributed by atoms with van der Waals surface area (Å²) in [5.74, 6) is -0.666. The van der Waals surface area contributed by atoms with Crippen LogP contribution in [0.15, 0.2) is 29.1 Å². The average Bonchev–Trinajstić information content (AvgIpc) is 3.53. The van der Waals surface area contributed by atoms with Gasteiger partial charge in [-0.15, -0.1) is 0 Å². The number of unbranched alkanes of at least 4 members (excludes halogenated alkanes) is 15. The van der Waals surface area contributed by atoms with E-state index in [0.29, 0.717) is 47.3 Å². The topological polar surface area (TPSA) is 220 Å². The summed E-state index contributed by atoms with van der Waals surface area (Å²) in [5, 5.41) is 15.8. The summed E-state index contributed by atoms with van der Waals surface area (Å²) in [6.45, 7) is 4.95. The second kappa shape index (κ2) is 28.5. The minimum absolute atomic E-state index is 0.174. The number of nitrogens with two attached hydrogens (primary N) is 2. The number of nitrogens with zero attached hydrogens (tertiary/aromatic N) is 3. The molecule has 0 bridgehead atoms. The number of hydrogen-bond donors (Lipinski definition) is 6. The van der Waals surface area contributed by atoms with Crippen LogP contribution in [0.5, 0.6) is 0 Å². The van der Waals surface area contributed by atoms with Gasteiger partial charge in [-0.1, -0.05) is 122 Å². The van der Waals surface area contributed by atoms with Crippen LogP contribution in [0.25, 0.3) is 11.2 Å². The lowest BCUT2D eigenvalue weighted by Gasteiger charge is -2.17. The number of imidazole rings is 1. The monoisotopic (exact) mass is 827 g/mol. The maximum atomic E-state index is 13.0. The zero-order valence-electron chi connectivity index (χ0n) is 35.0. The molecule has 2 heterocycles. The number of rotatable bonds is 33. The van der Waals surface area contributed by atoms with Crippen molar-refractivity contribution < 1.29 is 24.2 Å². The van der Waals surface area contributed by atoms with Gasteiger partial charge < -0.3 is 36.9 Å². The quantitative estimate of drug-likeness (QED) is 0.0263. The Morgan fingerprint density at radius 2 is 1.48 bits per heavy atom. The molecule has 0 aliphatic rings. The molecule has 0 saturated carbocycles. The Bertz CT molecular complexity index is 1700. The third-order valence-electron chi connectivity index (χ3n) is 10.3. The van der Waals surface area contributed by atoms with E-state index in [1.807, 2.05) is 0 Å². The molecule has 0 unspecified atom stereocenters. The van der Waals surface area contributed by atoms with Gasteiger partial charge in [-0.3, -0.25) is 19.0 Å². The Morgan fingerprint density at radius 3 is 2.09 bits per heavy atom. The van der Waals surface area contributed by atoms with Gasteiger partial charge in [-0.05, 0) is 30.5 Å². The van der Waals surface area contributed by atoms with Gasteiger partial charge in [0, 0.05) is 36.6 Å². The van der Waals surface area contributed by atoms with Crippen molar-refractivity contribution in [2.75, 3.05) is 47.6 Å². The van der Waals surface area contributed by atoms with Crippen molar-refractivity contribution in [1.29, 1.82) is 0 Å². The predicted octanol–water partition coefficient (Wildman–Crippen LogP) is 7.33. The van der Waals surface area contributed by atoms with Gasteiger partial charge in [0.2, 0.25) is 11.9 Å². The Balaban J connectivity index is 1.27. The molecule has 58 heavy (non-hydrogen) atoms. The van der Waals surface area contributed by atoms with Crippen LogP contribution in [0, 0.1) is 5.92 Å². The van der Waals surface area contributed by atoms with Gasteiger partial charge in [0.15, 0.2) is 17.2 Å². The average molecular weight is 827 g/mol. The molecule has 0 spiro atoms. The van der Waals surface area contributed by atoms with E-state index >= 15 is 0 Å². The number of aliphatic hydroxyl groups excluding tert-OH is 1. The summed E-state index contributed by atoms with van der Waals surface area (Å²) < 4.78 is 6.82. The first kappa shape index (κ1) is 48.4. The maximum absolute atomic E-state index is 13.0. The van der Waals surface area contributed by atoms with Crippen molar-refractivity contribution in [3.05, 3.63) is 40.3 Å². The Kier molecular flexibility index (Phi) is 23.8. The molecule has 2 atom stereocenters. The number of hydrogen-bond acceptors (Lipinski definition) is 12. The molecular formula is C43H70N8O6S. The highest BCUT2D eigenvalue weighted by atomic mass is 32.2. The minimum atomic E-state index is -0.973. The fourth-order valence-corrected chi connectivity index (χ4v) is 7.45. The lowest BCUT2D eigenvalue weighted by molar-refractivity contribution is -0.143. The molecule has 3 rings (SSSR count). The van der Waals surface area contributed by atoms with Crippen molar-refractivity contribution in [1.82, 2.24) is 19.5 Å². The van der Waals surface area contributed by atoms with Crippen LogP contribution in [0.2, 0.25) is 0 Å². The smallest absolute Gasteiger partial charge is 0.328 e. The molecule has 0 saturated heterocycles. The largest absolute Gasteiger partial charge is 0.465 e. The van der Waals surface area contributed by atoms with E-state index in [9.17, 15) is 24.3 Å². The number of benzene rings is 1. The highest BCUT2D eigenvalue weighted by Gasteiger charge is 2.25. The Labute approximate surface area is 348 Å². The molecule has 324 valence electrons. The highest BCUT2D eigenvalue weighted by Crippen LogP contribution is 2.20. The number of nitrogens with one attached hydrogen (secondary N) is 3. The van der Waals surface area contributed by atoms with Crippen molar-refractivity contribution in [2.24, 2.45) is 11.7 Å². The molecule has 0 aliphatic heterocycles. The van der Waals surface area contributed by atoms with Crippen LogP contribution in [0.4, 0.5) is 17.5 Å². The normalized spacial score (nSPS) is 12.4. The van der Waals surface area contributed by atoms with E-state index in [1.165, 1.54) is 93.4 Å². The van der Waals surface area contributed by atoms with Crippen molar-refractivity contribution >= 4 is 58.0 Å². The first-order chi connectivity index (χ1) is 28.2. The zero-order valence-corrected chi connectivity index (χ0v) is 35.9. The number of aromatic amines is 1. The van der Waals surface area contributed by atoms with Crippen LogP contribution in [-0.2, 0) is 25.7 Å². The number of ether oxygens (including phenoxy) is 1. The third kappa shape index (κ3) is 18.3. The number of aromatic nitrogens is 4. The number of amides is 1. The second-order valence-electron chi connectivity index (χ2n) is 15.3. The molecule has 15 heteroatoms. The molecule has 8 N–H and O–H groups in total. The van der Waals surface area contributed by atoms with E-state index in [0.717, 1.165) is 37.7 Å². The molecule has 3 aromatic rings. The van der Waals surface area contributed by atoms with E-state index in [-0.39, 0.29) is 42.8 Å². The fraction of sp³-hybridized carbons (Fsp3) is 0.674. The van der Waals surface area contributed by atoms with Crippen molar-refractivity contribution in [3.63, 3.8) is 0 Å². The summed E-state index contributed by atoms with van der Waals surface area (Å²) in [7, 11) is 0. The van der Waals surface area contributed by atoms with Gasteiger partial charge >= 0.3 is 11.7 Å². The van der Waals surface area contributed by atoms with Crippen LogP contribution < -0.4 is 27.8 Å². The SMILES string of the molecule is CCCCCCCCCCCCCCCCCC(=O)OCCSC[C@H](N)C(=O)C[C@@H](CO)C(=O)Nc1ccc(Cn2c(=O)[nH]c3c(N)nc(NCCCC)nc32)cc1. The Hall–Kier alpha value is -3.95. The number of thioether (sulfide) groups is 1.